The Balaban J connectivity index is 1.62. The predicted octanol–water partition coefficient (Wildman–Crippen LogP) is 1.58. The van der Waals surface area contributed by atoms with E-state index >= 15 is 0 Å². The Hall–Kier alpha value is -2.08. The maximum Gasteiger partial charge on any atom is 0.240 e. The van der Waals surface area contributed by atoms with Crippen LogP contribution >= 0.6 is 0 Å². The monoisotopic (exact) mass is 331 g/mol. The van der Waals surface area contributed by atoms with Crippen LogP contribution in [0.3, 0.4) is 0 Å². The molecule has 2 amide bonds. The molecule has 1 aromatic rings. The molecule has 0 bridgehead atoms. The van der Waals surface area contributed by atoms with Gasteiger partial charge in [-0.3, -0.25) is 9.59 Å². The highest BCUT2D eigenvalue weighted by molar-refractivity contribution is 6.13. The van der Waals surface area contributed by atoms with Crippen LogP contribution in [0.2, 0.25) is 0 Å². The first-order valence-electron chi connectivity index (χ1n) is 8.56. The first-order valence-corrected chi connectivity index (χ1v) is 8.56. The molecular weight excluding hydrogens is 306 g/mol. The van der Waals surface area contributed by atoms with Gasteiger partial charge in [0.05, 0.1) is 7.11 Å². The van der Waals surface area contributed by atoms with E-state index in [1.165, 1.54) is 0 Å². The highest BCUT2D eigenvalue weighted by Gasteiger charge is 2.58. The Kier molecular flexibility index (Phi) is 4.76. The summed E-state index contributed by atoms with van der Waals surface area (Å²) in [6, 6.07) is 7.16. The number of hydrogen-bond acceptors (Lipinski definition) is 4. The lowest BCUT2D eigenvalue weighted by molar-refractivity contribution is -0.143. The lowest BCUT2D eigenvalue weighted by Gasteiger charge is -2.35. The van der Waals surface area contributed by atoms with Crippen molar-refractivity contribution >= 4 is 17.5 Å². The molecule has 3 rings (SSSR count). The average molecular weight is 331 g/mol. The van der Waals surface area contributed by atoms with Crippen LogP contribution in [0.15, 0.2) is 24.3 Å². The fourth-order valence-corrected chi connectivity index (χ4v) is 3.16. The van der Waals surface area contributed by atoms with Gasteiger partial charge in [-0.15, -0.1) is 0 Å². The number of hydrogen-bond donors (Lipinski definition) is 1. The molecule has 0 radical (unpaired) electrons. The zero-order chi connectivity index (χ0) is 17.2. The van der Waals surface area contributed by atoms with E-state index in [4.69, 9.17) is 4.74 Å². The third-order valence-corrected chi connectivity index (χ3v) is 5.05. The topological polar surface area (TPSA) is 61.9 Å². The molecule has 6 nitrogen and oxygen atoms in total. The van der Waals surface area contributed by atoms with Crippen molar-refractivity contribution in [1.29, 1.82) is 0 Å². The van der Waals surface area contributed by atoms with Crippen LogP contribution in [-0.2, 0) is 9.59 Å². The smallest absolute Gasteiger partial charge is 0.240 e. The lowest BCUT2D eigenvalue weighted by atomic mass is 10.0. The van der Waals surface area contributed by atoms with Crippen molar-refractivity contribution in [2.24, 2.45) is 5.41 Å². The number of anilines is 1. The number of nitrogens with zero attached hydrogens (tertiary/aromatic N) is 2. The molecular formula is C18H25N3O3. The molecule has 130 valence electrons. The standard InChI is InChI=1S/C18H25N3O3/c1-3-20-10-12-21(13-11-20)17(23)18(8-9-18)16(22)19-14-4-6-15(24-2)7-5-14/h4-7H,3,8-13H2,1-2H3,(H,19,22). The van der Waals surface area contributed by atoms with E-state index in [-0.39, 0.29) is 11.8 Å². The lowest BCUT2D eigenvalue weighted by Crippen LogP contribution is -2.52. The third-order valence-electron chi connectivity index (χ3n) is 5.05. The Morgan fingerprint density at radius 1 is 1.12 bits per heavy atom. The van der Waals surface area contributed by atoms with Gasteiger partial charge in [-0.25, -0.2) is 0 Å². The molecule has 2 aliphatic rings. The Bertz CT molecular complexity index is 602. The molecule has 0 atom stereocenters. The van der Waals surface area contributed by atoms with Crippen LogP contribution < -0.4 is 10.1 Å². The van der Waals surface area contributed by atoms with E-state index in [1.807, 2.05) is 4.90 Å². The number of piperazine rings is 1. The third kappa shape index (κ3) is 3.24. The minimum absolute atomic E-state index is 0.00994. The number of likely N-dealkylation sites (N-methyl/N-ethyl adjacent to an activating group) is 1. The largest absolute Gasteiger partial charge is 0.497 e. The minimum atomic E-state index is -0.853. The molecule has 1 aliphatic heterocycles. The number of nitrogens with one attached hydrogen (secondary N) is 1. The van der Waals surface area contributed by atoms with Gasteiger partial charge in [0, 0.05) is 31.9 Å². The van der Waals surface area contributed by atoms with Gasteiger partial charge >= 0.3 is 0 Å². The zero-order valence-electron chi connectivity index (χ0n) is 14.4. The number of methoxy groups -OCH3 is 1. The van der Waals surface area contributed by atoms with Gasteiger partial charge < -0.3 is 19.9 Å². The van der Waals surface area contributed by atoms with Crippen molar-refractivity contribution in [2.75, 3.05) is 45.2 Å². The fraction of sp³-hybridized carbons (Fsp3) is 0.556. The molecule has 24 heavy (non-hydrogen) atoms. The Labute approximate surface area is 142 Å². The summed E-state index contributed by atoms with van der Waals surface area (Å²) in [5.41, 5.74) is -0.162. The molecule has 1 aromatic carbocycles. The van der Waals surface area contributed by atoms with Crippen LogP contribution in [-0.4, -0.2) is 61.4 Å². The van der Waals surface area contributed by atoms with E-state index in [2.05, 4.69) is 17.1 Å². The summed E-state index contributed by atoms with van der Waals surface area (Å²) >= 11 is 0. The SMILES string of the molecule is CCN1CCN(C(=O)C2(C(=O)Nc3ccc(OC)cc3)CC2)CC1. The van der Waals surface area contributed by atoms with Gasteiger partial charge in [0.1, 0.15) is 11.2 Å². The van der Waals surface area contributed by atoms with Gasteiger partial charge in [0.15, 0.2) is 0 Å². The quantitative estimate of drug-likeness (QED) is 0.832. The molecule has 6 heteroatoms. The molecule has 1 saturated heterocycles. The van der Waals surface area contributed by atoms with E-state index in [1.54, 1.807) is 31.4 Å². The maximum absolute atomic E-state index is 12.8. The summed E-state index contributed by atoms with van der Waals surface area (Å²) in [4.78, 5) is 29.7. The van der Waals surface area contributed by atoms with Crippen molar-refractivity contribution in [3.63, 3.8) is 0 Å². The van der Waals surface area contributed by atoms with Crippen LogP contribution in [0.5, 0.6) is 5.75 Å². The van der Waals surface area contributed by atoms with Gasteiger partial charge in [0.2, 0.25) is 11.8 Å². The van der Waals surface area contributed by atoms with Crippen molar-refractivity contribution in [3.8, 4) is 5.75 Å². The van der Waals surface area contributed by atoms with Gasteiger partial charge in [-0.05, 0) is 43.7 Å². The van der Waals surface area contributed by atoms with Gasteiger partial charge in [-0.1, -0.05) is 6.92 Å². The molecule has 0 spiro atoms. The van der Waals surface area contributed by atoms with E-state index in [0.29, 0.717) is 31.6 Å². The summed E-state index contributed by atoms with van der Waals surface area (Å²) in [6.07, 6.45) is 1.28. The zero-order valence-corrected chi connectivity index (χ0v) is 14.4. The summed E-state index contributed by atoms with van der Waals surface area (Å²) in [6.45, 7) is 6.33. The summed E-state index contributed by atoms with van der Waals surface area (Å²) in [7, 11) is 1.60. The number of carbonyl (C=O) groups excluding carboxylic acids is 2. The minimum Gasteiger partial charge on any atom is -0.497 e. The second kappa shape index (κ2) is 6.81. The molecule has 1 heterocycles. The average Bonchev–Trinajstić information content (AvgIpc) is 3.44. The molecule has 2 fully saturated rings. The number of amides is 2. The van der Waals surface area contributed by atoms with E-state index in [9.17, 15) is 9.59 Å². The van der Waals surface area contributed by atoms with Crippen molar-refractivity contribution in [2.45, 2.75) is 19.8 Å². The van der Waals surface area contributed by atoms with E-state index < -0.39 is 5.41 Å². The van der Waals surface area contributed by atoms with Crippen LogP contribution in [0.25, 0.3) is 0 Å². The van der Waals surface area contributed by atoms with Crippen molar-refractivity contribution in [3.05, 3.63) is 24.3 Å². The number of ether oxygens (including phenoxy) is 1. The first-order chi connectivity index (χ1) is 11.6. The molecule has 1 N–H and O–H groups in total. The molecule has 1 saturated carbocycles. The Morgan fingerprint density at radius 3 is 2.25 bits per heavy atom. The van der Waals surface area contributed by atoms with Crippen LogP contribution in [0, 0.1) is 5.41 Å². The number of rotatable bonds is 5. The highest BCUT2D eigenvalue weighted by atomic mass is 16.5. The highest BCUT2D eigenvalue weighted by Crippen LogP contribution is 2.48. The first kappa shape index (κ1) is 16.8. The second-order valence-corrected chi connectivity index (χ2v) is 6.49. The van der Waals surface area contributed by atoms with Crippen molar-refractivity contribution < 1.29 is 14.3 Å². The molecule has 1 aliphatic carbocycles. The number of carbonyl (C=O) groups is 2. The van der Waals surface area contributed by atoms with Gasteiger partial charge in [0.25, 0.3) is 0 Å². The predicted molar refractivity (Wildman–Crippen MR) is 92.0 cm³/mol. The molecule has 0 aromatic heterocycles. The maximum atomic E-state index is 12.8. The fourth-order valence-electron chi connectivity index (χ4n) is 3.16. The van der Waals surface area contributed by atoms with E-state index in [0.717, 1.165) is 25.4 Å². The normalized spacial score (nSPS) is 19.7. The summed E-state index contributed by atoms with van der Waals surface area (Å²) in [5, 5.41) is 2.88. The molecule has 0 unspecified atom stereocenters. The summed E-state index contributed by atoms with van der Waals surface area (Å²) < 4.78 is 5.11. The number of benzene rings is 1. The van der Waals surface area contributed by atoms with Crippen LogP contribution in [0.4, 0.5) is 5.69 Å². The van der Waals surface area contributed by atoms with Crippen LogP contribution in [0.1, 0.15) is 19.8 Å². The van der Waals surface area contributed by atoms with Gasteiger partial charge in [-0.2, -0.15) is 0 Å². The van der Waals surface area contributed by atoms with Crippen molar-refractivity contribution in [1.82, 2.24) is 9.80 Å². The second-order valence-electron chi connectivity index (χ2n) is 6.49. The summed E-state index contributed by atoms with van der Waals surface area (Å²) in [5.74, 6) is 0.541. The Morgan fingerprint density at radius 2 is 1.75 bits per heavy atom.